The van der Waals surface area contributed by atoms with Gasteiger partial charge in [0.2, 0.25) is 5.91 Å². The Morgan fingerprint density at radius 2 is 2.17 bits per heavy atom. The first kappa shape index (κ1) is 17.8. The predicted octanol–water partition coefficient (Wildman–Crippen LogP) is 0.429. The average molecular weight is 320 g/mol. The number of aliphatic hydroxyl groups is 1. The van der Waals surface area contributed by atoms with Crippen molar-refractivity contribution in [2.24, 2.45) is 0 Å². The van der Waals surface area contributed by atoms with E-state index >= 15 is 0 Å². The summed E-state index contributed by atoms with van der Waals surface area (Å²) in [5.41, 5.74) is 0.239. The van der Waals surface area contributed by atoms with E-state index in [9.17, 15) is 9.90 Å². The Balaban J connectivity index is 1.75. The Bertz CT molecular complexity index is 509. The molecule has 0 aliphatic carbocycles. The summed E-state index contributed by atoms with van der Waals surface area (Å²) in [4.78, 5) is 22.5. The van der Waals surface area contributed by atoms with Crippen LogP contribution in [0.25, 0.3) is 0 Å². The topological polar surface area (TPSA) is 59.9 Å². The highest BCUT2D eigenvalue weighted by Gasteiger charge is 2.38. The van der Waals surface area contributed by atoms with Gasteiger partial charge in [0, 0.05) is 38.8 Å². The van der Waals surface area contributed by atoms with Gasteiger partial charge in [-0.25, -0.2) is 0 Å². The van der Waals surface area contributed by atoms with Crippen molar-refractivity contribution in [1.82, 2.24) is 19.7 Å². The van der Waals surface area contributed by atoms with Crippen molar-refractivity contribution >= 4 is 5.91 Å². The fourth-order valence-electron chi connectivity index (χ4n) is 3.08. The molecule has 1 aromatic rings. The highest BCUT2D eigenvalue weighted by Crippen LogP contribution is 2.22. The third kappa shape index (κ3) is 5.57. The number of likely N-dealkylation sites (N-methyl/N-ethyl adjacent to an activating group) is 1. The molecule has 0 aromatic carbocycles. The summed E-state index contributed by atoms with van der Waals surface area (Å²) < 4.78 is 0. The first-order valence-electron chi connectivity index (χ1n) is 8.11. The molecular weight excluding hydrogens is 292 g/mol. The van der Waals surface area contributed by atoms with Gasteiger partial charge in [-0.15, -0.1) is 0 Å². The van der Waals surface area contributed by atoms with E-state index in [0.29, 0.717) is 39.0 Å². The molecule has 2 rings (SSSR count). The predicted molar refractivity (Wildman–Crippen MR) is 89.9 cm³/mol. The standard InChI is InChI=1S/C17H28N4O2/c1-19(2)13-17(23)8-11-21(14-17)16(22)7-10-20(3)12-15-6-4-5-9-18-15/h4-6,9,23H,7-8,10-14H2,1-3H3/t17-/m1/s1. The number of hydrogen-bond donors (Lipinski definition) is 1. The quantitative estimate of drug-likeness (QED) is 0.789. The van der Waals surface area contributed by atoms with Crippen LogP contribution in [0.2, 0.25) is 0 Å². The molecule has 0 radical (unpaired) electrons. The Morgan fingerprint density at radius 1 is 1.39 bits per heavy atom. The lowest BCUT2D eigenvalue weighted by atomic mass is 10.0. The molecule has 0 bridgehead atoms. The smallest absolute Gasteiger partial charge is 0.223 e. The zero-order chi connectivity index (χ0) is 16.9. The second-order valence-corrected chi connectivity index (χ2v) is 6.84. The molecule has 1 N–H and O–H groups in total. The normalized spacial score (nSPS) is 21.4. The van der Waals surface area contributed by atoms with Crippen molar-refractivity contribution in [2.45, 2.75) is 25.0 Å². The van der Waals surface area contributed by atoms with Crippen LogP contribution in [0.3, 0.4) is 0 Å². The SMILES string of the molecule is CN(C)C[C@]1(O)CCN(C(=O)CCN(C)Cc2ccccn2)C1. The van der Waals surface area contributed by atoms with E-state index in [4.69, 9.17) is 0 Å². The zero-order valence-electron chi connectivity index (χ0n) is 14.4. The van der Waals surface area contributed by atoms with Crippen LogP contribution in [0, 0.1) is 0 Å². The fourth-order valence-corrected chi connectivity index (χ4v) is 3.08. The van der Waals surface area contributed by atoms with Gasteiger partial charge in [0.05, 0.1) is 17.8 Å². The van der Waals surface area contributed by atoms with Crippen molar-refractivity contribution in [2.75, 3.05) is 47.3 Å². The van der Waals surface area contributed by atoms with Crippen LogP contribution in [0.15, 0.2) is 24.4 Å². The van der Waals surface area contributed by atoms with Gasteiger partial charge in [0.15, 0.2) is 0 Å². The van der Waals surface area contributed by atoms with E-state index in [0.717, 1.165) is 12.2 Å². The number of aromatic nitrogens is 1. The molecule has 128 valence electrons. The first-order chi connectivity index (χ1) is 10.9. The summed E-state index contributed by atoms with van der Waals surface area (Å²) in [7, 11) is 5.87. The molecule has 0 saturated carbocycles. The summed E-state index contributed by atoms with van der Waals surface area (Å²) in [5, 5.41) is 10.5. The van der Waals surface area contributed by atoms with E-state index in [-0.39, 0.29) is 5.91 Å². The van der Waals surface area contributed by atoms with Gasteiger partial charge < -0.3 is 19.8 Å². The van der Waals surface area contributed by atoms with Crippen molar-refractivity contribution < 1.29 is 9.90 Å². The third-order valence-corrected chi connectivity index (χ3v) is 4.16. The van der Waals surface area contributed by atoms with Crippen LogP contribution in [0.1, 0.15) is 18.5 Å². The van der Waals surface area contributed by atoms with Crippen molar-refractivity contribution in [3.63, 3.8) is 0 Å². The Labute approximate surface area is 138 Å². The van der Waals surface area contributed by atoms with Crippen LogP contribution in [0.4, 0.5) is 0 Å². The van der Waals surface area contributed by atoms with Gasteiger partial charge in [-0.2, -0.15) is 0 Å². The van der Waals surface area contributed by atoms with Gasteiger partial charge in [-0.1, -0.05) is 6.07 Å². The van der Waals surface area contributed by atoms with Crippen molar-refractivity contribution in [1.29, 1.82) is 0 Å². The van der Waals surface area contributed by atoms with E-state index < -0.39 is 5.60 Å². The van der Waals surface area contributed by atoms with E-state index in [1.165, 1.54) is 0 Å². The van der Waals surface area contributed by atoms with Crippen molar-refractivity contribution in [3.05, 3.63) is 30.1 Å². The number of pyridine rings is 1. The second-order valence-electron chi connectivity index (χ2n) is 6.84. The summed E-state index contributed by atoms with van der Waals surface area (Å²) in [6.45, 7) is 3.11. The number of rotatable bonds is 7. The van der Waals surface area contributed by atoms with Gasteiger partial charge in [0.25, 0.3) is 0 Å². The molecule has 1 atom stereocenters. The summed E-state index contributed by atoms with van der Waals surface area (Å²) in [6.07, 6.45) is 2.91. The molecular formula is C17H28N4O2. The number of carbonyl (C=O) groups is 1. The number of hydrogen-bond acceptors (Lipinski definition) is 5. The Morgan fingerprint density at radius 3 is 2.83 bits per heavy atom. The molecule has 23 heavy (non-hydrogen) atoms. The van der Waals surface area contributed by atoms with Crippen LogP contribution >= 0.6 is 0 Å². The fraction of sp³-hybridized carbons (Fsp3) is 0.647. The number of carbonyl (C=O) groups excluding carboxylic acids is 1. The summed E-state index contributed by atoms with van der Waals surface area (Å²) in [5.74, 6) is 0.118. The molecule has 1 aliphatic heterocycles. The van der Waals surface area contributed by atoms with Crippen molar-refractivity contribution in [3.8, 4) is 0 Å². The minimum atomic E-state index is -0.765. The van der Waals surface area contributed by atoms with Gasteiger partial charge in [-0.05, 0) is 39.7 Å². The number of likely N-dealkylation sites (tertiary alicyclic amines) is 1. The number of amides is 1. The van der Waals surface area contributed by atoms with Gasteiger partial charge in [-0.3, -0.25) is 9.78 Å². The molecule has 1 amide bonds. The number of β-amino-alcohol motifs (C(OH)–C–C–N with tert-alkyl or cyclic N) is 1. The molecule has 2 heterocycles. The van der Waals surface area contributed by atoms with E-state index in [1.807, 2.05) is 44.2 Å². The van der Waals surface area contributed by atoms with E-state index in [2.05, 4.69) is 9.88 Å². The van der Waals surface area contributed by atoms with Gasteiger partial charge >= 0.3 is 0 Å². The maximum atomic E-state index is 12.3. The zero-order valence-corrected chi connectivity index (χ0v) is 14.4. The van der Waals surface area contributed by atoms with Crippen LogP contribution < -0.4 is 0 Å². The third-order valence-electron chi connectivity index (χ3n) is 4.16. The molecule has 1 fully saturated rings. The minimum absolute atomic E-state index is 0.118. The molecule has 1 aliphatic rings. The van der Waals surface area contributed by atoms with Crippen LogP contribution in [-0.4, -0.2) is 83.6 Å². The maximum Gasteiger partial charge on any atom is 0.223 e. The molecule has 0 unspecified atom stereocenters. The average Bonchev–Trinajstić information content (AvgIpc) is 2.87. The lowest BCUT2D eigenvalue weighted by Gasteiger charge is -2.27. The molecule has 6 heteroatoms. The first-order valence-corrected chi connectivity index (χ1v) is 8.11. The molecule has 1 saturated heterocycles. The Hall–Kier alpha value is -1.50. The minimum Gasteiger partial charge on any atom is -0.387 e. The molecule has 1 aromatic heterocycles. The Kier molecular flexibility index (Phi) is 6.10. The lowest BCUT2D eigenvalue weighted by Crippen LogP contribution is -2.43. The highest BCUT2D eigenvalue weighted by atomic mass is 16.3. The summed E-state index contributed by atoms with van der Waals surface area (Å²) >= 11 is 0. The lowest BCUT2D eigenvalue weighted by molar-refractivity contribution is -0.131. The summed E-state index contributed by atoms with van der Waals surface area (Å²) in [6, 6.07) is 5.85. The maximum absolute atomic E-state index is 12.3. The van der Waals surface area contributed by atoms with Crippen LogP contribution in [0.5, 0.6) is 0 Å². The largest absolute Gasteiger partial charge is 0.387 e. The monoisotopic (exact) mass is 320 g/mol. The molecule has 0 spiro atoms. The van der Waals surface area contributed by atoms with Gasteiger partial charge in [0.1, 0.15) is 0 Å². The second kappa shape index (κ2) is 7.86. The van der Waals surface area contributed by atoms with Crippen LogP contribution in [-0.2, 0) is 11.3 Å². The molecule has 6 nitrogen and oxygen atoms in total. The van der Waals surface area contributed by atoms with E-state index in [1.54, 1.807) is 11.1 Å². The number of nitrogens with zero attached hydrogens (tertiary/aromatic N) is 4. The highest BCUT2D eigenvalue weighted by molar-refractivity contribution is 5.76.